The molecule has 174 valence electrons. The van der Waals surface area contributed by atoms with Crippen molar-refractivity contribution in [3.63, 3.8) is 0 Å². The summed E-state index contributed by atoms with van der Waals surface area (Å²) in [7, 11) is 1.78. The smallest absolute Gasteiger partial charge is 0.219 e. The summed E-state index contributed by atoms with van der Waals surface area (Å²) < 4.78 is 17.1. The molecule has 0 bridgehead atoms. The van der Waals surface area contributed by atoms with E-state index in [-0.39, 0.29) is 0 Å². The molecule has 0 unspecified atom stereocenters. The highest BCUT2D eigenvalue weighted by Gasteiger charge is 2.13. The fourth-order valence-corrected chi connectivity index (χ4v) is 3.46. The van der Waals surface area contributed by atoms with Crippen LogP contribution in [-0.4, -0.2) is 51.0 Å². The van der Waals surface area contributed by atoms with E-state index in [2.05, 4.69) is 40.5 Å². The minimum atomic E-state index is 0.581. The molecule has 1 aromatic heterocycles. The largest absolute Gasteiger partial charge is 0.439 e. The third kappa shape index (κ3) is 8.13. The van der Waals surface area contributed by atoms with Gasteiger partial charge in [0.1, 0.15) is 5.75 Å². The van der Waals surface area contributed by atoms with Crippen LogP contribution in [0.3, 0.4) is 0 Å². The van der Waals surface area contributed by atoms with Crippen molar-refractivity contribution in [2.24, 2.45) is 10.9 Å². The van der Waals surface area contributed by atoms with E-state index in [1.807, 2.05) is 24.3 Å². The molecule has 0 spiro atoms. The predicted octanol–water partition coefficient (Wildman–Crippen LogP) is 3.99. The first-order valence-corrected chi connectivity index (χ1v) is 11.4. The van der Waals surface area contributed by atoms with Gasteiger partial charge in [0.15, 0.2) is 5.96 Å². The summed E-state index contributed by atoms with van der Waals surface area (Å²) in [6, 6.07) is 9.97. The van der Waals surface area contributed by atoms with Gasteiger partial charge in [-0.25, -0.2) is 4.98 Å². The molecule has 2 heterocycles. The Balaban J connectivity index is 1.36. The van der Waals surface area contributed by atoms with Gasteiger partial charge in [-0.2, -0.15) is 0 Å². The normalized spacial score (nSPS) is 14.9. The molecule has 1 aromatic carbocycles. The molecule has 0 atom stereocenters. The first kappa shape index (κ1) is 24.0. The lowest BCUT2D eigenvalue weighted by atomic mass is 10.0. The van der Waals surface area contributed by atoms with E-state index >= 15 is 0 Å². The van der Waals surface area contributed by atoms with Gasteiger partial charge in [-0.1, -0.05) is 6.07 Å². The number of benzene rings is 1. The van der Waals surface area contributed by atoms with Crippen LogP contribution in [-0.2, 0) is 16.0 Å². The molecule has 0 aliphatic carbocycles. The van der Waals surface area contributed by atoms with E-state index in [9.17, 15) is 0 Å². The third-order valence-corrected chi connectivity index (χ3v) is 5.64. The Morgan fingerprint density at radius 1 is 1.12 bits per heavy atom. The zero-order chi connectivity index (χ0) is 22.6. The second-order valence-corrected chi connectivity index (χ2v) is 8.19. The molecule has 1 aliphatic rings. The van der Waals surface area contributed by atoms with Crippen molar-refractivity contribution >= 4 is 5.96 Å². The zero-order valence-electron chi connectivity index (χ0n) is 19.5. The van der Waals surface area contributed by atoms with Crippen molar-refractivity contribution in [1.82, 2.24) is 15.6 Å². The lowest BCUT2D eigenvalue weighted by molar-refractivity contribution is 0.0203. The van der Waals surface area contributed by atoms with Gasteiger partial charge in [0.05, 0.1) is 0 Å². The van der Waals surface area contributed by atoms with E-state index in [1.54, 1.807) is 13.2 Å². The number of aromatic nitrogens is 1. The number of pyridine rings is 1. The predicted molar refractivity (Wildman–Crippen MR) is 127 cm³/mol. The van der Waals surface area contributed by atoms with Crippen LogP contribution >= 0.6 is 0 Å². The van der Waals surface area contributed by atoms with Gasteiger partial charge in [0.2, 0.25) is 5.88 Å². The maximum Gasteiger partial charge on any atom is 0.219 e. The highest BCUT2D eigenvalue weighted by molar-refractivity contribution is 5.79. The molecule has 1 aliphatic heterocycles. The number of aryl methyl sites for hydroxylation is 2. The minimum Gasteiger partial charge on any atom is -0.439 e. The molecule has 2 aromatic rings. The fourth-order valence-electron chi connectivity index (χ4n) is 3.46. The van der Waals surface area contributed by atoms with Crippen molar-refractivity contribution in [1.29, 1.82) is 0 Å². The second-order valence-electron chi connectivity index (χ2n) is 8.19. The Bertz CT molecular complexity index is 866. The molecule has 0 radical (unpaired) electrons. The van der Waals surface area contributed by atoms with Crippen molar-refractivity contribution in [3.8, 4) is 11.6 Å². The average Bonchev–Trinajstić information content (AvgIpc) is 2.81. The summed E-state index contributed by atoms with van der Waals surface area (Å²) in [5.41, 5.74) is 3.51. The number of guanidine groups is 1. The van der Waals surface area contributed by atoms with Crippen molar-refractivity contribution in [2.45, 2.75) is 39.7 Å². The highest BCUT2D eigenvalue weighted by atomic mass is 16.5. The van der Waals surface area contributed by atoms with Crippen LogP contribution < -0.4 is 15.4 Å². The van der Waals surface area contributed by atoms with E-state index < -0.39 is 0 Å². The van der Waals surface area contributed by atoms with Crippen molar-refractivity contribution in [3.05, 3.63) is 53.2 Å². The van der Waals surface area contributed by atoms with Crippen LogP contribution in [0, 0.1) is 19.8 Å². The first-order chi connectivity index (χ1) is 15.6. The molecule has 7 heteroatoms. The van der Waals surface area contributed by atoms with Crippen LogP contribution in [0.25, 0.3) is 0 Å². The molecule has 1 fully saturated rings. The number of hydrogen-bond donors (Lipinski definition) is 2. The molecule has 0 saturated carbocycles. The van der Waals surface area contributed by atoms with Gasteiger partial charge in [-0.3, -0.25) is 4.99 Å². The summed E-state index contributed by atoms with van der Waals surface area (Å²) in [6.45, 7) is 8.94. The standard InChI is InChI=1S/C25H36N4O3/c1-19-5-6-23(15-20(19)2)32-24-16-22(7-11-27-24)17-29-25(26-3)28-10-4-12-31-18-21-8-13-30-14-9-21/h5-7,11,15-16,21H,4,8-10,12-14,17-18H2,1-3H3,(H2,26,28,29). The minimum absolute atomic E-state index is 0.581. The molecular formula is C25H36N4O3. The number of rotatable bonds is 10. The quantitative estimate of drug-likeness (QED) is 0.331. The summed E-state index contributed by atoms with van der Waals surface area (Å²) in [4.78, 5) is 8.62. The molecule has 3 rings (SSSR count). The maximum atomic E-state index is 5.93. The first-order valence-electron chi connectivity index (χ1n) is 11.4. The number of ether oxygens (including phenoxy) is 3. The van der Waals surface area contributed by atoms with Gasteiger partial charge in [0, 0.05) is 58.8 Å². The van der Waals surface area contributed by atoms with Crippen LogP contribution in [0.15, 0.2) is 41.5 Å². The Kier molecular flexibility index (Phi) is 9.78. The Hall–Kier alpha value is -2.64. The van der Waals surface area contributed by atoms with E-state index in [1.165, 1.54) is 11.1 Å². The van der Waals surface area contributed by atoms with Crippen LogP contribution in [0.4, 0.5) is 0 Å². The van der Waals surface area contributed by atoms with E-state index in [0.29, 0.717) is 18.3 Å². The summed E-state index contributed by atoms with van der Waals surface area (Å²) in [6.07, 6.45) is 4.93. The van der Waals surface area contributed by atoms with E-state index in [4.69, 9.17) is 14.2 Å². The van der Waals surface area contributed by atoms with Crippen molar-refractivity contribution < 1.29 is 14.2 Å². The summed E-state index contributed by atoms with van der Waals surface area (Å²) >= 11 is 0. The van der Waals surface area contributed by atoms with E-state index in [0.717, 1.165) is 69.5 Å². The fraction of sp³-hybridized carbons (Fsp3) is 0.520. The van der Waals surface area contributed by atoms with Gasteiger partial charge in [0.25, 0.3) is 0 Å². The van der Waals surface area contributed by atoms with Crippen LogP contribution in [0.2, 0.25) is 0 Å². The van der Waals surface area contributed by atoms with Gasteiger partial charge in [-0.15, -0.1) is 0 Å². The SMILES string of the molecule is CN=C(NCCCOCC1CCOCC1)NCc1ccnc(Oc2ccc(C)c(C)c2)c1. The Morgan fingerprint density at radius 2 is 1.97 bits per heavy atom. The molecule has 0 amide bonds. The maximum absolute atomic E-state index is 5.93. The molecule has 7 nitrogen and oxygen atoms in total. The highest BCUT2D eigenvalue weighted by Crippen LogP contribution is 2.22. The lowest BCUT2D eigenvalue weighted by Gasteiger charge is -2.21. The van der Waals surface area contributed by atoms with Crippen LogP contribution in [0.5, 0.6) is 11.6 Å². The summed E-state index contributed by atoms with van der Waals surface area (Å²) in [5.74, 6) is 2.79. The van der Waals surface area contributed by atoms with Crippen LogP contribution in [0.1, 0.15) is 36.0 Å². The summed E-state index contributed by atoms with van der Waals surface area (Å²) in [5, 5.41) is 6.67. The average molecular weight is 441 g/mol. The number of nitrogens with zero attached hydrogens (tertiary/aromatic N) is 2. The molecule has 2 N–H and O–H groups in total. The van der Waals surface area contributed by atoms with Gasteiger partial charge >= 0.3 is 0 Å². The third-order valence-electron chi connectivity index (χ3n) is 5.64. The lowest BCUT2D eigenvalue weighted by Crippen LogP contribution is -2.37. The molecule has 32 heavy (non-hydrogen) atoms. The van der Waals surface area contributed by atoms with Gasteiger partial charge in [-0.05, 0) is 73.9 Å². The molecule has 1 saturated heterocycles. The monoisotopic (exact) mass is 440 g/mol. The second kappa shape index (κ2) is 13.0. The van der Waals surface area contributed by atoms with Crippen molar-refractivity contribution in [2.75, 3.05) is 40.0 Å². The topological polar surface area (TPSA) is 77.0 Å². The van der Waals surface area contributed by atoms with Gasteiger partial charge < -0.3 is 24.8 Å². The zero-order valence-corrected chi connectivity index (χ0v) is 19.5. The molecular weight excluding hydrogens is 404 g/mol. The Labute approximate surface area is 191 Å². The number of hydrogen-bond acceptors (Lipinski definition) is 5. The number of aliphatic imine (C=N–C) groups is 1. The Morgan fingerprint density at radius 3 is 2.75 bits per heavy atom. The number of nitrogens with one attached hydrogen (secondary N) is 2.